The molecule has 3 heterocycles. The van der Waals surface area contributed by atoms with E-state index in [1.54, 1.807) is 7.11 Å². The van der Waals surface area contributed by atoms with Crippen molar-refractivity contribution in [3.63, 3.8) is 0 Å². The maximum Gasteiger partial charge on any atom is 0.275 e. The topological polar surface area (TPSA) is 121 Å². The van der Waals surface area contributed by atoms with Crippen LogP contribution in [-0.2, 0) is 15.0 Å². The third kappa shape index (κ3) is 4.88. The molecule has 1 saturated heterocycles. The van der Waals surface area contributed by atoms with Gasteiger partial charge in [-0.3, -0.25) is 4.79 Å². The van der Waals surface area contributed by atoms with E-state index in [-0.39, 0.29) is 59.4 Å². The van der Waals surface area contributed by atoms with Gasteiger partial charge in [0, 0.05) is 24.1 Å². The Kier molecular flexibility index (Phi) is 7.73. The fourth-order valence-electron chi connectivity index (χ4n) is 3.54. The Hall–Kier alpha value is -2.54. The Bertz CT molecular complexity index is 1050. The average Bonchev–Trinajstić information content (AvgIpc) is 3.13. The van der Waals surface area contributed by atoms with Crippen LogP contribution < -0.4 is 15.8 Å². The molecule has 2 unspecified atom stereocenters. The number of fused-ring (bicyclic) bond motifs is 1. The van der Waals surface area contributed by atoms with Gasteiger partial charge in [0.15, 0.2) is 16.4 Å². The normalized spacial score (nSPS) is 23.8. The molecule has 33 heavy (non-hydrogen) atoms. The summed E-state index contributed by atoms with van der Waals surface area (Å²) < 4.78 is 46.0. The summed E-state index contributed by atoms with van der Waals surface area (Å²) in [6.07, 6.45) is 2.56. The molecular formula is C20H22ClF2N5O4S. The minimum absolute atomic E-state index is 0. The number of benzene rings is 1. The van der Waals surface area contributed by atoms with Crippen molar-refractivity contribution in [1.82, 2.24) is 9.97 Å². The molecule has 0 spiro atoms. The molecule has 2 aliphatic rings. The van der Waals surface area contributed by atoms with E-state index < -0.39 is 22.9 Å². The summed E-state index contributed by atoms with van der Waals surface area (Å²) in [5, 5.41) is 2.77. The van der Waals surface area contributed by atoms with E-state index in [9.17, 15) is 9.18 Å². The zero-order valence-electron chi connectivity index (χ0n) is 17.5. The number of nitrogens with two attached hydrogens (primary N) is 1. The fourth-order valence-corrected chi connectivity index (χ4v) is 4.46. The van der Waals surface area contributed by atoms with Crippen molar-refractivity contribution in [3.05, 3.63) is 47.7 Å². The first-order valence-electron chi connectivity index (χ1n) is 9.67. The van der Waals surface area contributed by atoms with Gasteiger partial charge < -0.3 is 25.3 Å². The van der Waals surface area contributed by atoms with E-state index in [0.29, 0.717) is 13.2 Å². The molecule has 2 atom stereocenters. The van der Waals surface area contributed by atoms with Crippen LogP contribution in [0.15, 0.2) is 35.6 Å². The van der Waals surface area contributed by atoms with Crippen molar-refractivity contribution in [2.45, 2.75) is 11.2 Å². The predicted molar refractivity (Wildman–Crippen MR) is 121 cm³/mol. The average molecular weight is 502 g/mol. The fraction of sp³-hybridized carbons (Fsp3) is 0.400. The number of rotatable bonds is 7. The summed E-state index contributed by atoms with van der Waals surface area (Å²) >= 11 is 1.06. The summed E-state index contributed by atoms with van der Waals surface area (Å²) in [6.45, 7) is 0.302. The second-order valence-electron chi connectivity index (χ2n) is 7.29. The summed E-state index contributed by atoms with van der Waals surface area (Å²) in [7, 11) is 1.55. The molecule has 0 saturated carbocycles. The Balaban J connectivity index is 0.00000306. The van der Waals surface area contributed by atoms with Crippen molar-refractivity contribution in [2.24, 2.45) is 10.7 Å². The number of nitrogens with one attached hydrogen (secondary N) is 1. The van der Waals surface area contributed by atoms with Crippen molar-refractivity contribution >= 4 is 40.9 Å². The van der Waals surface area contributed by atoms with E-state index in [1.807, 2.05) is 0 Å². The Morgan fingerprint density at radius 2 is 2.12 bits per heavy atom. The highest BCUT2D eigenvalue weighted by Gasteiger charge is 2.61. The Labute approximate surface area is 198 Å². The lowest BCUT2D eigenvalue weighted by Gasteiger charge is -2.38. The number of methoxy groups -OCH3 is 1. The van der Waals surface area contributed by atoms with Crippen LogP contribution >= 0.6 is 24.2 Å². The van der Waals surface area contributed by atoms with E-state index in [4.69, 9.17) is 19.9 Å². The molecule has 0 aliphatic carbocycles. The maximum absolute atomic E-state index is 15.7. The van der Waals surface area contributed by atoms with Gasteiger partial charge in [0.2, 0.25) is 5.88 Å². The molecule has 9 nitrogen and oxygen atoms in total. The second-order valence-corrected chi connectivity index (χ2v) is 8.28. The van der Waals surface area contributed by atoms with E-state index in [1.165, 1.54) is 24.5 Å². The van der Waals surface area contributed by atoms with Gasteiger partial charge in [-0.15, -0.1) is 12.4 Å². The van der Waals surface area contributed by atoms with Crippen molar-refractivity contribution in [1.29, 1.82) is 0 Å². The lowest BCUT2D eigenvalue weighted by Crippen LogP contribution is -2.52. The van der Waals surface area contributed by atoms with Gasteiger partial charge >= 0.3 is 0 Å². The highest BCUT2D eigenvalue weighted by molar-refractivity contribution is 8.13. The van der Waals surface area contributed by atoms with Gasteiger partial charge in [-0.1, -0.05) is 11.8 Å². The van der Waals surface area contributed by atoms with Crippen LogP contribution in [-0.4, -0.2) is 66.0 Å². The van der Waals surface area contributed by atoms with Crippen LogP contribution in [0.5, 0.6) is 5.88 Å². The number of aromatic nitrogens is 2. The maximum atomic E-state index is 15.7. The summed E-state index contributed by atoms with van der Waals surface area (Å²) in [5.74, 6) is -1.01. The molecule has 3 N–H and O–H groups in total. The number of nitrogens with zero attached hydrogens (tertiary/aromatic N) is 3. The number of hydrogen-bond donors (Lipinski definition) is 2. The number of thioether (sulfide) groups is 1. The molecule has 178 valence electrons. The molecule has 1 aromatic heterocycles. The van der Waals surface area contributed by atoms with Crippen LogP contribution in [0.3, 0.4) is 0 Å². The zero-order valence-corrected chi connectivity index (χ0v) is 19.2. The van der Waals surface area contributed by atoms with Crippen LogP contribution in [0.25, 0.3) is 0 Å². The van der Waals surface area contributed by atoms with Gasteiger partial charge in [-0.25, -0.2) is 23.7 Å². The Morgan fingerprint density at radius 1 is 1.30 bits per heavy atom. The largest absolute Gasteiger partial charge is 0.474 e. The number of carbonyl (C=O) groups excluding carboxylic acids is 1. The van der Waals surface area contributed by atoms with Crippen molar-refractivity contribution in [3.8, 4) is 5.88 Å². The zero-order chi connectivity index (χ0) is 22.8. The lowest BCUT2D eigenvalue weighted by atomic mass is 9.79. The number of hydrogen-bond acceptors (Lipinski definition) is 9. The molecular weight excluding hydrogens is 480 g/mol. The molecule has 1 amide bonds. The number of halogens is 3. The van der Waals surface area contributed by atoms with Crippen LogP contribution in [0.4, 0.5) is 14.5 Å². The number of carbonyl (C=O) groups is 1. The monoisotopic (exact) mass is 501 g/mol. The van der Waals surface area contributed by atoms with Gasteiger partial charge in [-0.05, 0) is 18.2 Å². The molecule has 0 radical (unpaired) electrons. The highest BCUT2D eigenvalue weighted by atomic mass is 35.5. The predicted octanol–water partition coefficient (Wildman–Crippen LogP) is 2.31. The summed E-state index contributed by atoms with van der Waals surface area (Å²) in [4.78, 5) is 24.9. The molecule has 4 rings (SSSR count). The molecule has 1 fully saturated rings. The first-order chi connectivity index (χ1) is 15.4. The standard InChI is InChI=1S/C20H21F2N5O4S.ClH/c1-29-4-5-31-16-8-24-15(7-25-16)17(28)26-12-2-3-14(21)13(6-12)20-10-30-9-19(20,22)11-32-18(23)27-20;/h2-3,6-8H,4-5,9-11H2,1H3,(H2,23,27)(H,26,28);1H. The first-order valence-corrected chi connectivity index (χ1v) is 10.7. The number of amides is 1. The van der Waals surface area contributed by atoms with E-state index in [0.717, 1.165) is 17.8 Å². The number of anilines is 1. The molecule has 13 heteroatoms. The molecule has 2 aliphatic heterocycles. The van der Waals surface area contributed by atoms with Crippen LogP contribution in [0.2, 0.25) is 0 Å². The van der Waals surface area contributed by atoms with Crippen LogP contribution in [0, 0.1) is 5.82 Å². The van der Waals surface area contributed by atoms with E-state index in [2.05, 4.69) is 20.3 Å². The molecule has 2 aromatic rings. The Morgan fingerprint density at radius 3 is 2.85 bits per heavy atom. The first kappa shape index (κ1) is 25.1. The third-order valence-electron chi connectivity index (χ3n) is 5.20. The van der Waals surface area contributed by atoms with Gasteiger partial charge in [0.1, 0.15) is 18.1 Å². The molecule has 1 aromatic carbocycles. The molecule has 0 bridgehead atoms. The van der Waals surface area contributed by atoms with Gasteiger partial charge in [-0.2, -0.15) is 0 Å². The summed E-state index contributed by atoms with van der Waals surface area (Å²) in [5.41, 5.74) is 2.52. The van der Waals surface area contributed by atoms with Gasteiger partial charge in [0.25, 0.3) is 5.91 Å². The minimum atomic E-state index is -1.92. The smallest absolute Gasteiger partial charge is 0.275 e. The summed E-state index contributed by atoms with van der Waals surface area (Å²) in [6, 6.07) is 3.85. The highest BCUT2D eigenvalue weighted by Crippen LogP contribution is 2.50. The number of amidine groups is 1. The second kappa shape index (κ2) is 10.2. The number of aliphatic imine (C=N–C) groups is 1. The quantitative estimate of drug-likeness (QED) is 0.554. The lowest BCUT2D eigenvalue weighted by molar-refractivity contribution is 0.102. The van der Waals surface area contributed by atoms with Crippen LogP contribution in [0.1, 0.15) is 16.1 Å². The minimum Gasteiger partial charge on any atom is -0.474 e. The van der Waals surface area contributed by atoms with Crippen molar-refractivity contribution in [2.75, 3.05) is 44.6 Å². The SMILES string of the molecule is COCCOc1cnc(C(=O)Nc2ccc(F)c(C34COCC3(F)CSC(N)=N4)c2)cn1.Cl. The van der Waals surface area contributed by atoms with Crippen molar-refractivity contribution < 1.29 is 27.8 Å². The number of alkyl halides is 1. The number of ether oxygens (including phenoxy) is 3. The van der Waals surface area contributed by atoms with Gasteiger partial charge in [0.05, 0.1) is 32.2 Å². The third-order valence-corrected chi connectivity index (χ3v) is 6.19. The van der Waals surface area contributed by atoms with E-state index >= 15 is 4.39 Å².